The second kappa shape index (κ2) is 7.24. The van der Waals surface area contributed by atoms with Crippen molar-refractivity contribution in [2.75, 3.05) is 5.32 Å². The van der Waals surface area contributed by atoms with E-state index < -0.39 is 0 Å². The van der Waals surface area contributed by atoms with Gasteiger partial charge >= 0.3 is 0 Å². The smallest absolute Gasteiger partial charge is 0.150 e. The second-order valence-electron chi connectivity index (χ2n) is 7.29. The Balaban J connectivity index is 1.53. The number of hydrogen-bond donors (Lipinski definition) is 1. The summed E-state index contributed by atoms with van der Waals surface area (Å²) < 4.78 is 6.10. The lowest BCUT2D eigenvalue weighted by Gasteiger charge is -2.18. The zero-order chi connectivity index (χ0) is 18.9. The summed E-state index contributed by atoms with van der Waals surface area (Å²) in [4.78, 5) is 11.7. The van der Waals surface area contributed by atoms with Gasteiger partial charge in [-0.15, -0.1) is 11.3 Å². The molecule has 2 aromatic heterocycles. The first-order chi connectivity index (χ1) is 13.8. The number of nitrogens with zero attached hydrogens (tertiary/aromatic N) is 2. The Bertz CT molecular complexity index is 1120. The first kappa shape index (κ1) is 17.2. The number of anilines is 2. The Morgan fingerprint density at radius 3 is 2.75 bits per heavy atom. The van der Waals surface area contributed by atoms with E-state index in [2.05, 4.69) is 22.2 Å². The number of ether oxygens (including phenoxy) is 1. The van der Waals surface area contributed by atoms with E-state index in [1.807, 2.05) is 65.9 Å². The standard InChI is InChI=1S/C23H21N3OS/c1-15-11-12-17-20(13-15)28-23-21(17)22(24-14-25-23)26-18-9-5-6-10-19(18)27-16-7-3-2-4-8-16/h2-10,14-15H,11-13H2,1H3,(H,24,25,26). The molecule has 4 aromatic rings. The first-order valence-electron chi connectivity index (χ1n) is 9.62. The molecule has 2 aromatic carbocycles. The minimum absolute atomic E-state index is 0.741. The third kappa shape index (κ3) is 3.22. The quantitative estimate of drug-likeness (QED) is 0.443. The molecule has 1 aliphatic carbocycles. The molecule has 5 rings (SSSR count). The van der Waals surface area contributed by atoms with Gasteiger partial charge < -0.3 is 10.1 Å². The van der Waals surface area contributed by atoms with Gasteiger partial charge in [0.05, 0.1) is 11.1 Å². The Morgan fingerprint density at radius 1 is 1.04 bits per heavy atom. The van der Waals surface area contributed by atoms with Gasteiger partial charge in [-0.3, -0.25) is 0 Å². The molecule has 0 fully saturated rings. The first-order valence-corrected chi connectivity index (χ1v) is 10.4. The van der Waals surface area contributed by atoms with E-state index >= 15 is 0 Å². The molecule has 1 unspecified atom stereocenters. The van der Waals surface area contributed by atoms with Gasteiger partial charge in [0.15, 0.2) is 5.75 Å². The average molecular weight is 388 g/mol. The molecule has 0 amide bonds. The van der Waals surface area contributed by atoms with E-state index in [1.54, 1.807) is 6.33 Å². The van der Waals surface area contributed by atoms with Gasteiger partial charge in [0.25, 0.3) is 0 Å². The fourth-order valence-corrected chi connectivity index (χ4v) is 5.12. The Hall–Kier alpha value is -2.92. The molecule has 0 saturated carbocycles. The monoisotopic (exact) mass is 387 g/mol. The molecule has 5 heteroatoms. The lowest BCUT2D eigenvalue weighted by Crippen LogP contribution is -2.09. The minimum atomic E-state index is 0.741. The van der Waals surface area contributed by atoms with Gasteiger partial charge in [-0.25, -0.2) is 9.97 Å². The van der Waals surface area contributed by atoms with Crippen LogP contribution >= 0.6 is 11.3 Å². The van der Waals surface area contributed by atoms with Crippen molar-refractivity contribution in [2.45, 2.75) is 26.2 Å². The Kier molecular flexibility index (Phi) is 4.45. The van der Waals surface area contributed by atoms with E-state index in [0.717, 1.165) is 46.6 Å². The van der Waals surface area contributed by atoms with Crippen LogP contribution < -0.4 is 10.1 Å². The fourth-order valence-electron chi connectivity index (χ4n) is 3.77. The summed E-state index contributed by atoms with van der Waals surface area (Å²) in [6, 6.07) is 17.8. The summed E-state index contributed by atoms with van der Waals surface area (Å²) in [5, 5.41) is 4.68. The van der Waals surface area contributed by atoms with Crippen molar-refractivity contribution in [3.05, 3.63) is 71.4 Å². The zero-order valence-corrected chi connectivity index (χ0v) is 16.5. The maximum atomic E-state index is 6.10. The van der Waals surface area contributed by atoms with Gasteiger partial charge in [-0.05, 0) is 55.0 Å². The third-order valence-corrected chi connectivity index (χ3v) is 6.37. The maximum Gasteiger partial charge on any atom is 0.150 e. The number of aromatic nitrogens is 2. The van der Waals surface area contributed by atoms with Crippen molar-refractivity contribution in [3.63, 3.8) is 0 Å². The molecule has 0 bridgehead atoms. The third-order valence-electron chi connectivity index (χ3n) is 5.20. The lowest BCUT2D eigenvalue weighted by atomic mass is 9.89. The SMILES string of the molecule is CC1CCc2c(sc3ncnc(Nc4ccccc4Oc4ccccc4)c23)C1. The number of para-hydroxylation sites is 3. The number of benzene rings is 2. The van der Waals surface area contributed by atoms with Gasteiger partial charge in [-0.1, -0.05) is 37.3 Å². The highest BCUT2D eigenvalue weighted by Gasteiger charge is 2.23. The van der Waals surface area contributed by atoms with E-state index in [1.165, 1.54) is 22.2 Å². The van der Waals surface area contributed by atoms with Crippen LogP contribution in [0.3, 0.4) is 0 Å². The molecular weight excluding hydrogens is 366 g/mol. The molecular formula is C23H21N3OS. The average Bonchev–Trinajstić information content (AvgIpc) is 3.08. The van der Waals surface area contributed by atoms with Gasteiger partial charge in [0.1, 0.15) is 22.7 Å². The van der Waals surface area contributed by atoms with Crippen LogP contribution in [0.1, 0.15) is 23.8 Å². The van der Waals surface area contributed by atoms with Crippen molar-refractivity contribution in [1.82, 2.24) is 9.97 Å². The predicted octanol–water partition coefficient (Wildman–Crippen LogP) is 6.35. The molecule has 0 spiro atoms. The lowest BCUT2D eigenvalue weighted by molar-refractivity contribution is 0.485. The molecule has 1 aliphatic rings. The van der Waals surface area contributed by atoms with Crippen LogP contribution in [0.15, 0.2) is 60.9 Å². The summed E-state index contributed by atoms with van der Waals surface area (Å²) in [7, 11) is 0. The molecule has 140 valence electrons. The Labute approximate surface area is 168 Å². The molecule has 4 nitrogen and oxygen atoms in total. The molecule has 0 saturated heterocycles. The molecule has 0 aliphatic heterocycles. The van der Waals surface area contributed by atoms with Crippen LogP contribution in [0.4, 0.5) is 11.5 Å². The highest BCUT2D eigenvalue weighted by atomic mass is 32.1. The fraction of sp³-hybridized carbons (Fsp3) is 0.217. The molecule has 28 heavy (non-hydrogen) atoms. The Morgan fingerprint density at radius 2 is 1.86 bits per heavy atom. The van der Waals surface area contributed by atoms with Crippen molar-refractivity contribution in [1.29, 1.82) is 0 Å². The summed E-state index contributed by atoms with van der Waals surface area (Å²) >= 11 is 1.81. The van der Waals surface area contributed by atoms with Crippen LogP contribution in [-0.2, 0) is 12.8 Å². The van der Waals surface area contributed by atoms with Gasteiger partial charge in [-0.2, -0.15) is 0 Å². The maximum absolute atomic E-state index is 6.10. The largest absolute Gasteiger partial charge is 0.455 e. The number of fused-ring (bicyclic) bond motifs is 3. The number of nitrogens with one attached hydrogen (secondary N) is 1. The van der Waals surface area contributed by atoms with Gasteiger partial charge in [0, 0.05) is 4.88 Å². The summed E-state index contributed by atoms with van der Waals surface area (Å²) in [5.41, 5.74) is 2.32. The minimum Gasteiger partial charge on any atom is -0.455 e. The van der Waals surface area contributed by atoms with E-state index in [9.17, 15) is 0 Å². The number of hydrogen-bond acceptors (Lipinski definition) is 5. The molecule has 0 radical (unpaired) electrons. The topological polar surface area (TPSA) is 47.0 Å². The summed E-state index contributed by atoms with van der Waals surface area (Å²) in [6.07, 6.45) is 5.11. The van der Waals surface area contributed by atoms with Crippen LogP contribution in [0, 0.1) is 5.92 Å². The van der Waals surface area contributed by atoms with Gasteiger partial charge in [0.2, 0.25) is 0 Å². The van der Waals surface area contributed by atoms with E-state index in [-0.39, 0.29) is 0 Å². The van der Waals surface area contributed by atoms with Crippen LogP contribution in [0.5, 0.6) is 11.5 Å². The van der Waals surface area contributed by atoms with E-state index in [4.69, 9.17) is 4.74 Å². The highest BCUT2D eigenvalue weighted by Crippen LogP contribution is 2.41. The van der Waals surface area contributed by atoms with Crippen molar-refractivity contribution in [2.24, 2.45) is 5.92 Å². The summed E-state index contributed by atoms with van der Waals surface area (Å²) in [5.74, 6) is 3.19. The van der Waals surface area contributed by atoms with Crippen LogP contribution in [0.25, 0.3) is 10.2 Å². The van der Waals surface area contributed by atoms with Crippen LogP contribution in [0.2, 0.25) is 0 Å². The van der Waals surface area contributed by atoms with Crippen molar-refractivity contribution < 1.29 is 4.74 Å². The van der Waals surface area contributed by atoms with E-state index in [0.29, 0.717) is 0 Å². The normalized spacial score (nSPS) is 16.0. The zero-order valence-electron chi connectivity index (χ0n) is 15.7. The van der Waals surface area contributed by atoms with Crippen molar-refractivity contribution in [3.8, 4) is 11.5 Å². The number of aryl methyl sites for hydroxylation is 1. The molecule has 1 N–H and O–H groups in total. The van der Waals surface area contributed by atoms with Crippen molar-refractivity contribution >= 4 is 33.1 Å². The number of thiophene rings is 1. The summed E-state index contributed by atoms with van der Waals surface area (Å²) in [6.45, 7) is 2.33. The molecule has 2 heterocycles. The molecule has 1 atom stereocenters. The predicted molar refractivity (Wildman–Crippen MR) is 115 cm³/mol. The highest BCUT2D eigenvalue weighted by molar-refractivity contribution is 7.19. The second-order valence-corrected chi connectivity index (χ2v) is 8.37. The number of rotatable bonds is 4. The van der Waals surface area contributed by atoms with Crippen LogP contribution in [-0.4, -0.2) is 9.97 Å².